The van der Waals surface area contributed by atoms with Gasteiger partial charge in [-0.1, -0.05) is 34.8 Å². The Morgan fingerprint density at radius 3 is 2.78 bits per heavy atom. The molecule has 0 saturated heterocycles. The lowest BCUT2D eigenvalue weighted by molar-refractivity contribution is 0.477. The Kier molecular flexibility index (Phi) is 2.70. The maximum Gasteiger partial charge on any atom is 0.179 e. The Bertz CT molecular complexity index is 709. The third-order valence-corrected chi connectivity index (χ3v) is 3.03. The van der Waals surface area contributed by atoms with E-state index in [9.17, 15) is 5.11 Å². The number of aromatic hydroxyl groups is 1. The standard InChI is InChI=1S/C12H8N4OS/c17-10-6-5-8-3-1-2-4-9(8)12(10)15-14-11-7-13-16-18-11/h1-7,17H. The van der Waals surface area contributed by atoms with Gasteiger partial charge in [-0.25, -0.2) is 0 Å². The van der Waals surface area contributed by atoms with Crippen molar-refractivity contribution in [3.05, 3.63) is 42.6 Å². The van der Waals surface area contributed by atoms with Crippen LogP contribution in [0.4, 0.5) is 10.7 Å². The van der Waals surface area contributed by atoms with Crippen molar-refractivity contribution in [2.75, 3.05) is 0 Å². The van der Waals surface area contributed by atoms with Crippen molar-refractivity contribution in [2.45, 2.75) is 0 Å². The molecule has 0 atom stereocenters. The van der Waals surface area contributed by atoms with E-state index in [0.29, 0.717) is 10.7 Å². The molecule has 0 fully saturated rings. The third-order valence-electron chi connectivity index (χ3n) is 2.48. The van der Waals surface area contributed by atoms with E-state index in [1.807, 2.05) is 30.3 Å². The summed E-state index contributed by atoms with van der Waals surface area (Å²) in [6, 6.07) is 11.2. The van der Waals surface area contributed by atoms with Crippen molar-refractivity contribution in [3.63, 3.8) is 0 Å². The molecule has 0 unspecified atom stereocenters. The smallest absolute Gasteiger partial charge is 0.179 e. The number of fused-ring (bicyclic) bond motifs is 1. The van der Waals surface area contributed by atoms with Crippen LogP contribution in [0.15, 0.2) is 52.8 Å². The molecule has 3 rings (SSSR count). The lowest BCUT2D eigenvalue weighted by Crippen LogP contribution is -1.74. The molecule has 18 heavy (non-hydrogen) atoms. The molecule has 5 nitrogen and oxygen atoms in total. The minimum Gasteiger partial charge on any atom is -0.506 e. The average molecular weight is 256 g/mol. The van der Waals surface area contributed by atoms with Gasteiger partial charge in [0.2, 0.25) is 0 Å². The molecule has 0 aliphatic carbocycles. The van der Waals surface area contributed by atoms with Gasteiger partial charge in [-0.2, -0.15) is 0 Å². The fourth-order valence-corrected chi connectivity index (χ4v) is 2.00. The number of nitrogens with zero attached hydrogens (tertiary/aromatic N) is 4. The fraction of sp³-hybridized carbons (Fsp3) is 0. The summed E-state index contributed by atoms with van der Waals surface area (Å²) in [4.78, 5) is 0. The zero-order valence-electron chi connectivity index (χ0n) is 9.19. The predicted molar refractivity (Wildman–Crippen MR) is 69.7 cm³/mol. The van der Waals surface area contributed by atoms with Crippen LogP contribution in [0.5, 0.6) is 5.75 Å². The molecule has 88 valence electrons. The molecule has 0 saturated carbocycles. The Hall–Kier alpha value is -2.34. The lowest BCUT2D eigenvalue weighted by atomic mass is 10.1. The van der Waals surface area contributed by atoms with Gasteiger partial charge in [0.05, 0.1) is 6.20 Å². The van der Waals surface area contributed by atoms with Crippen LogP contribution >= 0.6 is 11.5 Å². The summed E-state index contributed by atoms with van der Waals surface area (Å²) >= 11 is 1.15. The van der Waals surface area contributed by atoms with Crippen molar-refractivity contribution in [1.82, 2.24) is 9.59 Å². The number of phenols is 1. The maximum atomic E-state index is 9.86. The second-order valence-electron chi connectivity index (χ2n) is 3.61. The summed E-state index contributed by atoms with van der Waals surface area (Å²) in [6.45, 7) is 0. The average Bonchev–Trinajstić information content (AvgIpc) is 2.91. The van der Waals surface area contributed by atoms with Crippen LogP contribution in [-0.2, 0) is 0 Å². The minimum absolute atomic E-state index is 0.106. The van der Waals surface area contributed by atoms with Gasteiger partial charge in [0.1, 0.15) is 11.4 Å². The SMILES string of the molecule is Oc1ccc2ccccc2c1N=Nc1cnns1. The number of azo groups is 1. The molecule has 1 heterocycles. The molecule has 0 amide bonds. The van der Waals surface area contributed by atoms with Gasteiger partial charge in [-0.3, -0.25) is 0 Å². The topological polar surface area (TPSA) is 70.7 Å². The highest BCUT2D eigenvalue weighted by Gasteiger charge is 2.05. The lowest BCUT2D eigenvalue weighted by Gasteiger charge is -2.02. The minimum atomic E-state index is 0.106. The van der Waals surface area contributed by atoms with E-state index in [1.54, 1.807) is 6.07 Å². The van der Waals surface area contributed by atoms with Crippen LogP contribution in [0.3, 0.4) is 0 Å². The molecule has 2 aromatic carbocycles. The second-order valence-corrected chi connectivity index (χ2v) is 4.37. The van der Waals surface area contributed by atoms with Crippen LogP contribution < -0.4 is 0 Å². The summed E-state index contributed by atoms with van der Waals surface area (Å²) in [5.41, 5.74) is 0.460. The third kappa shape index (κ3) is 1.93. The summed E-state index contributed by atoms with van der Waals surface area (Å²) in [5.74, 6) is 0.106. The zero-order chi connectivity index (χ0) is 12.4. The molecule has 0 bridgehead atoms. The number of hydrogen-bond acceptors (Lipinski definition) is 6. The quantitative estimate of drug-likeness (QED) is 0.708. The highest BCUT2D eigenvalue weighted by atomic mass is 32.1. The van der Waals surface area contributed by atoms with Gasteiger partial charge in [-0.05, 0) is 11.5 Å². The van der Waals surface area contributed by atoms with Crippen molar-refractivity contribution in [1.29, 1.82) is 0 Å². The van der Waals surface area contributed by atoms with Crippen LogP contribution in [0.2, 0.25) is 0 Å². The highest BCUT2D eigenvalue weighted by Crippen LogP contribution is 2.36. The molecular weight excluding hydrogens is 248 g/mol. The van der Waals surface area contributed by atoms with Gasteiger partial charge in [0, 0.05) is 16.9 Å². The number of rotatable bonds is 2. The van der Waals surface area contributed by atoms with Crippen molar-refractivity contribution < 1.29 is 5.11 Å². The molecular formula is C12H8N4OS. The summed E-state index contributed by atoms with van der Waals surface area (Å²) in [5, 5.41) is 24.1. The van der Waals surface area contributed by atoms with Crippen LogP contribution in [0, 0.1) is 0 Å². The van der Waals surface area contributed by atoms with E-state index in [2.05, 4.69) is 19.8 Å². The normalized spacial score (nSPS) is 11.3. The number of hydrogen-bond donors (Lipinski definition) is 1. The highest BCUT2D eigenvalue weighted by molar-refractivity contribution is 7.09. The van der Waals surface area contributed by atoms with Crippen molar-refractivity contribution in [3.8, 4) is 5.75 Å². The largest absolute Gasteiger partial charge is 0.506 e. The molecule has 0 aliphatic heterocycles. The van der Waals surface area contributed by atoms with Crippen LogP contribution in [0.1, 0.15) is 0 Å². The maximum absolute atomic E-state index is 9.86. The predicted octanol–water partition coefficient (Wildman–Crippen LogP) is 3.81. The first-order chi connectivity index (χ1) is 8.84. The Morgan fingerprint density at radius 2 is 1.94 bits per heavy atom. The van der Waals surface area contributed by atoms with Gasteiger partial charge in [-0.15, -0.1) is 15.3 Å². The molecule has 1 aromatic heterocycles. The van der Waals surface area contributed by atoms with Crippen LogP contribution in [-0.4, -0.2) is 14.7 Å². The number of phenolic OH excluding ortho intramolecular Hbond substituents is 1. The molecule has 0 aliphatic rings. The first-order valence-corrected chi connectivity index (χ1v) is 6.02. The van der Waals surface area contributed by atoms with E-state index in [0.717, 1.165) is 22.3 Å². The molecule has 6 heteroatoms. The van der Waals surface area contributed by atoms with Gasteiger partial charge >= 0.3 is 0 Å². The number of aromatic nitrogens is 2. The van der Waals surface area contributed by atoms with E-state index >= 15 is 0 Å². The summed E-state index contributed by atoms with van der Waals surface area (Å²) in [7, 11) is 0. The van der Waals surface area contributed by atoms with Gasteiger partial charge in [0.15, 0.2) is 5.00 Å². The van der Waals surface area contributed by atoms with Gasteiger partial charge in [0.25, 0.3) is 0 Å². The first-order valence-electron chi connectivity index (χ1n) is 5.24. The Balaban J connectivity index is 2.13. The van der Waals surface area contributed by atoms with Crippen LogP contribution in [0.25, 0.3) is 10.8 Å². The van der Waals surface area contributed by atoms with E-state index in [-0.39, 0.29) is 5.75 Å². The Morgan fingerprint density at radius 1 is 1.06 bits per heavy atom. The summed E-state index contributed by atoms with van der Waals surface area (Å²) < 4.78 is 3.69. The zero-order valence-corrected chi connectivity index (χ0v) is 10.0. The molecule has 1 N–H and O–H groups in total. The van der Waals surface area contributed by atoms with E-state index in [1.165, 1.54) is 6.20 Å². The van der Waals surface area contributed by atoms with E-state index in [4.69, 9.17) is 0 Å². The fourth-order valence-electron chi connectivity index (χ4n) is 1.65. The monoisotopic (exact) mass is 256 g/mol. The van der Waals surface area contributed by atoms with E-state index < -0.39 is 0 Å². The Labute approximate surface area is 107 Å². The number of benzene rings is 2. The molecule has 0 radical (unpaired) electrons. The van der Waals surface area contributed by atoms with Crippen molar-refractivity contribution in [2.24, 2.45) is 10.2 Å². The van der Waals surface area contributed by atoms with Crippen molar-refractivity contribution >= 4 is 33.0 Å². The van der Waals surface area contributed by atoms with Gasteiger partial charge < -0.3 is 5.11 Å². The first kappa shape index (κ1) is 10.8. The second kappa shape index (κ2) is 4.50. The summed E-state index contributed by atoms with van der Waals surface area (Å²) in [6.07, 6.45) is 1.52. The molecule has 0 spiro atoms. The molecule has 3 aromatic rings.